The standard InChI is InChI=1S/C14H18INO/c15-12-7-3-4-8-13(12)16-14(17)10-9-11-5-1-2-6-11/h3-4,7-8,11H,1-2,5-6,9-10H2,(H,16,17). The van der Waals surface area contributed by atoms with Crippen molar-refractivity contribution in [2.75, 3.05) is 5.32 Å². The van der Waals surface area contributed by atoms with E-state index in [1.807, 2.05) is 24.3 Å². The molecule has 1 fully saturated rings. The minimum absolute atomic E-state index is 0.154. The van der Waals surface area contributed by atoms with E-state index in [1.54, 1.807) is 0 Å². The van der Waals surface area contributed by atoms with Gasteiger partial charge in [-0.3, -0.25) is 4.79 Å². The van der Waals surface area contributed by atoms with Crippen molar-refractivity contribution in [1.29, 1.82) is 0 Å². The summed E-state index contributed by atoms with van der Waals surface area (Å²) in [5.74, 6) is 0.941. The molecule has 92 valence electrons. The summed E-state index contributed by atoms with van der Waals surface area (Å²) >= 11 is 2.25. The molecule has 0 atom stereocenters. The number of hydrogen-bond acceptors (Lipinski definition) is 1. The molecule has 0 saturated heterocycles. The van der Waals surface area contributed by atoms with Crippen molar-refractivity contribution in [3.8, 4) is 0 Å². The maximum Gasteiger partial charge on any atom is 0.224 e. The average Bonchev–Trinajstić information content (AvgIpc) is 2.82. The van der Waals surface area contributed by atoms with Crippen LogP contribution in [0.1, 0.15) is 38.5 Å². The number of hydrogen-bond donors (Lipinski definition) is 1. The molecule has 1 aliphatic carbocycles. The van der Waals surface area contributed by atoms with Gasteiger partial charge in [-0.15, -0.1) is 0 Å². The first kappa shape index (κ1) is 12.9. The molecule has 1 aliphatic rings. The molecule has 1 N–H and O–H groups in total. The Labute approximate surface area is 116 Å². The van der Waals surface area contributed by atoms with Crippen molar-refractivity contribution < 1.29 is 4.79 Å². The van der Waals surface area contributed by atoms with Crippen LogP contribution in [0.5, 0.6) is 0 Å². The fraction of sp³-hybridized carbons (Fsp3) is 0.500. The smallest absolute Gasteiger partial charge is 0.224 e. The van der Waals surface area contributed by atoms with Gasteiger partial charge in [0, 0.05) is 9.99 Å². The zero-order valence-electron chi connectivity index (χ0n) is 9.92. The SMILES string of the molecule is O=C(CCC1CCCC1)Nc1ccccc1I. The lowest BCUT2D eigenvalue weighted by atomic mass is 10.0. The van der Waals surface area contributed by atoms with E-state index in [9.17, 15) is 4.79 Å². The van der Waals surface area contributed by atoms with Gasteiger partial charge in [0.25, 0.3) is 0 Å². The van der Waals surface area contributed by atoms with E-state index in [1.165, 1.54) is 25.7 Å². The normalized spacial score (nSPS) is 16.1. The molecule has 0 spiro atoms. The summed E-state index contributed by atoms with van der Waals surface area (Å²) in [7, 11) is 0. The summed E-state index contributed by atoms with van der Waals surface area (Å²) < 4.78 is 1.10. The van der Waals surface area contributed by atoms with Gasteiger partial charge in [0.1, 0.15) is 0 Å². The molecule has 3 heteroatoms. The number of carbonyl (C=O) groups excluding carboxylic acids is 1. The van der Waals surface area contributed by atoms with Crippen LogP contribution in [0, 0.1) is 9.49 Å². The second kappa shape index (κ2) is 6.38. The van der Waals surface area contributed by atoms with Gasteiger partial charge in [0.05, 0.1) is 5.69 Å². The monoisotopic (exact) mass is 343 g/mol. The van der Waals surface area contributed by atoms with E-state index in [0.717, 1.165) is 21.6 Å². The summed E-state index contributed by atoms with van der Waals surface area (Å²) in [6.07, 6.45) is 7.04. The zero-order chi connectivity index (χ0) is 12.1. The topological polar surface area (TPSA) is 29.1 Å². The predicted octanol–water partition coefficient (Wildman–Crippen LogP) is 4.20. The summed E-state index contributed by atoms with van der Waals surface area (Å²) in [5, 5.41) is 2.99. The number of amides is 1. The van der Waals surface area contributed by atoms with Crippen LogP contribution >= 0.6 is 22.6 Å². The van der Waals surface area contributed by atoms with Gasteiger partial charge in [-0.05, 0) is 47.1 Å². The van der Waals surface area contributed by atoms with Crippen molar-refractivity contribution in [2.24, 2.45) is 5.92 Å². The molecule has 2 nitrogen and oxygen atoms in total. The quantitative estimate of drug-likeness (QED) is 0.816. The van der Waals surface area contributed by atoms with Crippen molar-refractivity contribution in [3.63, 3.8) is 0 Å². The van der Waals surface area contributed by atoms with E-state index in [2.05, 4.69) is 27.9 Å². The Kier molecular flexibility index (Phi) is 4.83. The van der Waals surface area contributed by atoms with Gasteiger partial charge in [-0.25, -0.2) is 0 Å². The average molecular weight is 343 g/mol. The second-order valence-corrected chi connectivity index (χ2v) is 5.88. The van der Waals surface area contributed by atoms with Gasteiger partial charge in [0.2, 0.25) is 5.91 Å². The Morgan fingerprint density at radius 3 is 2.71 bits per heavy atom. The number of halogens is 1. The summed E-state index contributed by atoms with van der Waals surface area (Å²) in [5.41, 5.74) is 0.935. The summed E-state index contributed by atoms with van der Waals surface area (Å²) in [6, 6.07) is 7.90. The van der Waals surface area contributed by atoms with Gasteiger partial charge < -0.3 is 5.32 Å². The highest BCUT2D eigenvalue weighted by Gasteiger charge is 2.16. The van der Waals surface area contributed by atoms with Crippen LogP contribution in [0.15, 0.2) is 24.3 Å². The molecule has 1 saturated carbocycles. The molecule has 17 heavy (non-hydrogen) atoms. The lowest BCUT2D eigenvalue weighted by Crippen LogP contribution is -2.13. The fourth-order valence-corrected chi connectivity index (χ4v) is 2.93. The zero-order valence-corrected chi connectivity index (χ0v) is 12.1. The molecule has 1 amide bonds. The first-order chi connectivity index (χ1) is 8.25. The van der Waals surface area contributed by atoms with E-state index < -0.39 is 0 Å². The number of carbonyl (C=O) groups is 1. The Balaban J connectivity index is 1.79. The highest BCUT2D eigenvalue weighted by Crippen LogP contribution is 2.28. The first-order valence-electron chi connectivity index (χ1n) is 6.30. The number of benzene rings is 1. The maximum absolute atomic E-state index is 11.8. The second-order valence-electron chi connectivity index (χ2n) is 4.72. The van der Waals surface area contributed by atoms with Crippen LogP contribution in [0.25, 0.3) is 0 Å². The van der Waals surface area contributed by atoms with Crippen LogP contribution in [-0.2, 0) is 4.79 Å². The Bertz CT molecular complexity index is 386. The van der Waals surface area contributed by atoms with Crippen molar-refractivity contribution >= 4 is 34.2 Å². The highest BCUT2D eigenvalue weighted by atomic mass is 127. The van der Waals surface area contributed by atoms with Crippen molar-refractivity contribution in [1.82, 2.24) is 0 Å². The number of para-hydroxylation sites is 1. The minimum Gasteiger partial charge on any atom is -0.325 e. The Morgan fingerprint density at radius 1 is 1.29 bits per heavy atom. The summed E-state index contributed by atoms with van der Waals surface area (Å²) in [4.78, 5) is 11.8. The Morgan fingerprint density at radius 2 is 2.00 bits per heavy atom. The number of nitrogens with one attached hydrogen (secondary N) is 1. The van der Waals surface area contributed by atoms with Crippen LogP contribution in [-0.4, -0.2) is 5.91 Å². The molecule has 0 radical (unpaired) electrons. The minimum atomic E-state index is 0.154. The molecular formula is C14H18INO. The lowest BCUT2D eigenvalue weighted by Gasteiger charge is -2.10. The third kappa shape index (κ3) is 3.98. The van der Waals surface area contributed by atoms with Gasteiger partial charge in [-0.2, -0.15) is 0 Å². The van der Waals surface area contributed by atoms with E-state index in [-0.39, 0.29) is 5.91 Å². The first-order valence-corrected chi connectivity index (χ1v) is 7.38. The molecule has 1 aromatic rings. The van der Waals surface area contributed by atoms with Crippen molar-refractivity contribution in [3.05, 3.63) is 27.8 Å². The van der Waals surface area contributed by atoms with E-state index in [0.29, 0.717) is 6.42 Å². The molecular weight excluding hydrogens is 325 g/mol. The number of rotatable bonds is 4. The van der Waals surface area contributed by atoms with Crippen LogP contribution in [0.3, 0.4) is 0 Å². The number of anilines is 1. The molecule has 0 aliphatic heterocycles. The fourth-order valence-electron chi connectivity index (χ4n) is 2.41. The third-order valence-electron chi connectivity index (χ3n) is 3.40. The van der Waals surface area contributed by atoms with Crippen LogP contribution < -0.4 is 5.32 Å². The molecule has 0 heterocycles. The molecule has 2 rings (SSSR count). The molecule has 1 aromatic carbocycles. The molecule has 0 aromatic heterocycles. The Hall–Kier alpha value is -0.580. The molecule has 0 bridgehead atoms. The van der Waals surface area contributed by atoms with Gasteiger partial charge in [0.15, 0.2) is 0 Å². The highest BCUT2D eigenvalue weighted by molar-refractivity contribution is 14.1. The molecule has 0 unspecified atom stereocenters. The summed E-state index contributed by atoms with van der Waals surface area (Å²) in [6.45, 7) is 0. The van der Waals surface area contributed by atoms with E-state index in [4.69, 9.17) is 0 Å². The van der Waals surface area contributed by atoms with Crippen LogP contribution in [0.4, 0.5) is 5.69 Å². The van der Waals surface area contributed by atoms with Gasteiger partial charge >= 0.3 is 0 Å². The predicted molar refractivity (Wildman–Crippen MR) is 79.0 cm³/mol. The van der Waals surface area contributed by atoms with E-state index >= 15 is 0 Å². The largest absolute Gasteiger partial charge is 0.325 e. The van der Waals surface area contributed by atoms with Crippen LogP contribution in [0.2, 0.25) is 0 Å². The lowest BCUT2D eigenvalue weighted by molar-refractivity contribution is -0.116. The third-order valence-corrected chi connectivity index (χ3v) is 4.34. The van der Waals surface area contributed by atoms with Gasteiger partial charge in [-0.1, -0.05) is 37.8 Å². The van der Waals surface area contributed by atoms with Crippen molar-refractivity contribution in [2.45, 2.75) is 38.5 Å². The maximum atomic E-state index is 11.8.